The fraction of sp³-hybridized carbons (Fsp3) is 0.458. The maximum atomic E-state index is 11.8. The Morgan fingerprint density at radius 3 is 2.55 bits per heavy atom. The van der Waals surface area contributed by atoms with Crippen LogP contribution in [0.2, 0.25) is 0 Å². The molecular weight excluding hydrogens is 364 g/mol. The van der Waals surface area contributed by atoms with Crippen LogP contribution in [0.4, 0.5) is 0 Å². The van der Waals surface area contributed by atoms with E-state index < -0.39 is 6.10 Å². The molecule has 3 unspecified atom stereocenters. The zero-order chi connectivity index (χ0) is 20.0. The third-order valence-electron chi connectivity index (χ3n) is 6.92. The first-order valence-corrected chi connectivity index (χ1v) is 10.6. The zero-order valence-electron chi connectivity index (χ0n) is 16.9. The summed E-state index contributed by atoms with van der Waals surface area (Å²) in [6.45, 7) is 5.98. The van der Waals surface area contributed by atoms with Gasteiger partial charge in [0, 0.05) is 43.8 Å². The van der Waals surface area contributed by atoms with E-state index in [9.17, 15) is 9.90 Å². The Hall–Kier alpha value is -2.21. The second-order valence-corrected chi connectivity index (χ2v) is 8.66. The summed E-state index contributed by atoms with van der Waals surface area (Å²) < 4.78 is 5.15. The number of aliphatic hydroxyl groups excluding tert-OH is 1. The molecular formula is C24H28N2O3. The minimum absolute atomic E-state index is 0.254. The molecule has 0 saturated carbocycles. The minimum Gasteiger partial charge on any atom is -0.457 e. The minimum atomic E-state index is -0.545. The molecule has 3 heterocycles. The summed E-state index contributed by atoms with van der Waals surface area (Å²) >= 11 is 0. The van der Waals surface area contributed by atoms with Crippen molar-refractivity contribution < 1.29 is 14.6 Å². The molecule has 3 atom stereocenters. The first-order valence-electron chi connectivity index (χ1n) is 10.6. The number of esters is 1. The van der Waals surface area contributed by atoms with Gasteiger partial charge in [0.15, 0.2) is 0 Å². The molecule has 0 spiro atoms. The highest BCUT2D eigenvalue weighted by molar-refractivity contribution is 5.93. The van der Waals surface area contributed by atoms with Gasteiger partial charge < -0.3 is 9.84 Å². The summed E-state index contributed by atoms with van der Waals surface area (Å²) in [5.74, 6) is -0.254. The number of rotatable bonds is 5. The normalized spacial score (nSPS) is 25.1. The highest BCUT2D eigenvalue weighted by atomic mass is 16.5. The van der Waals surface area contributed by atoms with Gasteiger partial charge in [-0.15, -0.1) is 0 Å². The van der Waals surface area contributed by atoms with E-state index in [4.69, 9.17) is 4.74 Å². The first-order chi connectivity index (χ1) is 14.1. The van der Waals surface area contributed by atoms with Crippen LogP contribution >= 0.6 is 0 Å². The van der Waals surface area contributed by atoms with Crippen molar-refractivity contribution in [3.63, 3.8) is 0 Å². The van der Waals surface area contributed by atoms with Crippen LogP contribution in [0.3, 0.4) is 0 Å². The third kappa shape index (κ3) is 3.48. The van der Waals surface area contributed by atoms with Gasteiger partial charge in [0.05, 0.1) is 11.7 Å². The number of nitrogens with zero attached hydrogens (tertiary/aromatic N) is 2. The summed E-state index contributed by atoms with van der Waals surface area (Å²) in [5, 5.41) is 11.0. The molecule has 2 fully saturated rings. The van der Waals surface area contributed by atoms with Crippen molar-refractivity contribution in [2.75, 3.05) is 19.6 Å². The fourth-order valence-electron chi connectivity index (χ4n) is 5.35. The molecule has 0 amide bonds. The Morgan fingerprint density at radius 2 is 1.83 bits per heavy atom. The van der Waals surface area contributed by atoms with Crippen molar-refractivity contribution in [3.05, 3.63) is 70.3 Å². The second kappa shape index (κ2) is 7.56. The number of hydrogen-bond donors (Lipinski definition) is 1. The highest BCUT2D eigenvalue weighted by Crippen LogP contribution is 2.34. The maximum absolute atomic E-state index is 11.8. The van der Waals surface area contributed by atoms with Crippen LogP contribution in [-0.2, 0) is 17.9 Å². The number of piperazine rings is 1. The standard InChI is InChI=1S/C24H28N2O3/c1-16-20(9-10-21-22(16)15-29-24(21)28)23(27)14-25-12-18-7-8-19(13-25)26(18)11-17-5-3-2-4-6-17/h2-6,9-10,18-19,23,27H,7-8,11-15H2,1H3. The van der Waals surface area contributed by atoms with Gasteiger partial charge in [-0.25, -0.2) is 4.79 Å². The summed E-state index contributed by atoms with van der Waals surface area (Å²) in [4.78, 5) is 16.8. The highest BCUT2D eigenvalue weighted by Gasteiger charge is 2.40. The van der Waals surface area contributed by atoms with E-state index in [2.05, 4.69) is 40.1 Å². The molecule has 152 valence electrons. The van der Waals surface area contributed by atoms with E-state index in [0.29, 0.717) is 30.8 Å². The molecule has 2 saturated heterocycles. The van der Waals surface area contributed by atoms with E-state index in [1.165, 1.54) is 18.4 Å². The molecule has 5 rings (SSSR count). The number of β-amino-alcohol motifs (C(OH)–C–C–N with tert-alkyl or cyclic N) is 1. The Bertz CT molecular complexity index is 900. The number of benzene rings is 2. The SMILES string of the molecule is Cc1c(C(O)CN2CC3CCC(C2)N3Cc2ccccc2)ccc2c1COC2=O. The molecule has 0 radical (unpaired) electrons. The van der Waals surface area contributed by atoms with Crippen molar-refractivity contribution in [1.82, 2.24) is 9.80 Å². The number of hydrogen-bond acceptors (Lipinski definition) is 5. The predicted molar refractivity (Wildman–Crippen MR) is 110 cm³/mol. The number of likely N-dealkylation sites (tertiary alicyclic amines) is 1. The summed E-state index contributed by atoms with van der Waals surface area (Å²) in [6.07, 6.45) is 1.93. The molecule has 2 aromatic rings. The van der Waals surface area contributed by atoms with Gasteiger partial charge in [-0.1, -0.05) is 36.4 Å². The van der Waals surface area contributed by atoms with Crippen molar-refractivity contribution in [2.24, 2.45) is 0 Å². The molecule has 2 aromatic carbocycles. The molecule has 0 aromatic heterocycles. The van der Waals surface area contributed by atoms with Gasteiger partial charge in [-0.3, -0.25) is 9.80 Å². The number of ether oxygens (including phenoxy) is 1. The van der Waals surface area contributed by atoms with Crippen LogP contribution in [-0.4, -0.2) is 52.6 Å². The number of carbonyl (C=O) groups is 1. The second-order valence-electron chi connectivity index (χ2n) is 8.66. The number of cyclic esters (lactones) is 1. The average Bonchev–Trinajstić information content (AvgIpc) is 3.20. The van der Waals surface area contributed by atoms with Crippen molar-refractivity contribution in [2.45, 2.75) is 51.1 Å². The number of fused-ring (bicyclic) bond motifs is 3. The van der Waals surface area contributed by atoms with E-state index >= 15 is 0 Å². The smallest absolute Gasteiger partial charge is 0.338 e. The van der Waals surface area contributed by atoms with Gasteiger partial charge in [0.25, 0.3) is 0 Å². The maximum Gasteiger partial charge on any atom is 0.338 e. The Kier molecular flexibility index (Phi) is 4.90. The fourth-order valence-corrected chi connectivity index (χ4v) is 5.35. The topological polar surface area (TPSA) is 53.0 Å². The number of aliphatic hydroxyl groups is 1. The summed E-state index contributed by atoms with van der Waals surface area (Å²) in [6, 6.07) is 15.5. The van der Waals surface area contributed by atoms with Crippen LogP contribution < -0.4 is 0 Å². The van der Waals surface area contributed by atoms with E-state index in [0.717, 1.165) is 36.3 Å². The van der Waals surface area contributed by atoms with Crippen LogP contribution in [0, 0.1) is 6.92 Å². The molecule has 1 N–H and O–H groups in total. The lowest BCUT2D eigenvalue weighted by Crippen LogP contribution is -2.53. The molecule has 5 heteroatoms. The van der Waals surface area contributed by atoms with Gasteiger partial charge in [-0.2, -0.15) is 0 Å². The lowest BCUT2D eigenvalue weighted by molar-refractivity contribution is 0.0298. The number of carbonyl (C=O) groups excluding carboxylic acids is 1. The lowest BCUT2D eigenvalue weighted by Gasteiger charge is -2.41. The van der Waals surface area contributed by atoms with Gasteiger partial charge >= 0.3 is 5.97 Å². The van der Waals surface area contributed by atoms with Crippen LogP contribution in [0.1, 0.15) is 51.6 Å². The van der Waals surface area contributed by atoms with Crippen LogP contribution in [0.15, 0.2) is 42.5 Å². The van der Waals surface area contributed by atoms with Gasteiger partial charge in [0.2, 0.25) is 0 Å². The van der Waals surface area contributed by atoms with Crippen LogP contribution in [0.25, 0.3) is 0 Å². The lowest BCUT2D eigenvalue weighted by atomic mass is 9.95. The molecule has 29 heavy (non-hydrogen) atoms. The van der Waals surface area contributed by atoms with E-state index in [1.54, 1.807) is 6.07 Å². The Balaban J connectivity index is 1.26. The van der Waals surface area contributed by atoms with Crippen molar-refractivity contribution in [1.29, 1.82) is 0 Å². The van der Waals surface area contributed by atoms with Crippen molar-refractivity contribution >= 4 is 5.97 Å². The summed E-state index contributed by atoms with van der Waals surface area (Å²) in [7, 11) is 0. The summed E-state index contributed by atoms with van der Waals surface area (Å²) in [5.41, 5.74) is 4.86. The molecule has 3 aliphatic heterocycles. The van der Waals surface area contributed by atoms with E-state index in [-0.39, 0.29) is 5.97 Å². The average molecular weight is 392 g/mol. The van der Waals surface area contributed by atoms with Crippen molar-refractivity contribution in [3.8, 4) is 0 Å². The molecule has 2 bridgehead atoms. The zero-order valence-corrected chi connectivity index (χ0v) is 16.9. The molecule has 3 aliphatic rings. The molecule has 5 nitrogen and oxygen atoms in total. The van der Waals surface area contributed by atoms with Gasteiger partial charge in [-0.05, 0) is 42.5 Å². The third-order valence-corrected chi connectivity index (χ3v) is 6.92. The Labute approximate surface area is 171 Å². The monoisotopic (exact) mass is 392 g/mol. The van der Waals surface area contributed by atoms with Crippen LogP contribution in [0.5, 0.6) is 0 Å². The molecule has 0 aliphatic carbocycles. The quantitative estimate of drug-likeness (QED) is 0.793. The largest absolute Gasteiger partial charge is 0.457 e. The van der Waals surface area contributed by atoms with E-state index in [1.807, 2.05) is 13.0 Å². The van der Waals surface area contributed by atoms with Gasteiger partial charge in [0.1, 0.15) is 6.61 Å². The predicted octanol–water partition coefficient (Wildman–Crippen LogP) is 3.05. The first kappa shape index (κ1) is 18.8. The Morgan fingerprint density at radius 1 is 1.10 bits per heavy atom.